The fourth-order valence-electron chi connectivity index (χ4n) is 1.62. The molecule has 1 fully saturated rings. The highest BCUT2D eigenvalue weighted by molar-refractivity contribution is 5.85. The normalized spacial score (nSPS) is 14.9. The molecule has 0 aromatic carbocycles. The highest BCUT2D eigenvalue weighted by atomic mass is 16.5. The van der Waals surface area contributed by atoms with E-state index in [1.807, 2.05) is 6.92 Å². The third kappa shape index (κ3) is 10.1. The second kappa shape index (κ2) is 11.3. The second-order valence-corrected chi connectivity index (χ2v) is 4.92. The molecule has 0 unspecified atom stereocenters. The van der Waals surface area contributed by atoms with Crippen LogP contribution in [0.25, 0.3) is 0 Å². The van der Waals surface area contributed by atoms with Crippen LogP contribution in [-0.2, 0) is 14.3 Å². The fourth-order valence-corrected chi connectivity index (χ4v) is 1.62. The number of ether oxygens (including phenoxy) is 2. The molecule has 7 heteroatoms. The summed E-state index contributed by atoms with van der Waals surface area (Å²) < 4.78 is 10.3. The minimum Gasteiger partial charge on any atom is -0.382 e. The van der Waals surface area contributed by atoms with Crippen LogP contribution in [0, 0.1) is 0 Å². The minimum absolute atomic E-state index is 0.0161. The smallest absolute Gasteiger partial charge is 0.242 e. The summed E-state index contributed by atoms with van der Waals surface area (Å²) in [5.74, 6) is 0.651. The predicted molar refractivity (Wildman–Crippen MR) is 82.5 cm³/mol. The average Bonchev–Trinajstić information content (AvgIpc) is 3.27. The number of carbonyl (C=O) groups excluding carboxylic acids is 1. The Morgan fingerprint density at radius 3 is 2.71 bits per heavy atom. The number of amides is 1. The Hall–Kier alpha value is -1.34. The lowest BCUT2D eigenvalue weighted by molar-refractivity contribution is -0.119. The highest BCUT2D eigenvalue weighted by Crippen LogP contribution is 2.18. The molecule has 1 amide bonds. The molecule has 7 nitrogen and oxygen atoms in total. The number of methoxy groups -OCH3 is 1. The minimum atomic E-state index is -0.0161. The monoisotopic (exact) mass is 300 g/mol. The largest absolute Gasteiger partial charge is 0.382 e. The van der Waals surface area contributed by atoms with Crippen LogP contribution < -0.4 is 16.0 Å². The van der Waals surface area contributed by atoms with Crippen LogP contribution in [0.3, 0.4) is 0 Å². The molecule has 0 aliphatic heterocycles. The number of guanidine groups is 1. The van der Waals surface area contributed by atoms with Crippen LogP contribution >= 0.6 is 0 Å². The molecule has 0 spiro atoms. The number of nitrogens with zero attached hydrogens (tertiary/aromatic N) is 1. The fraction of sp³-hybridized carbons (Fsp3) is 0.857. The van der Waals surface area contributed by atoms with Crippen LogP contribution in [0.5, 0.6) is 0 Å². The topological polar surface area (TPSA) is 84.0 Å². The Morgan fingerprint density at radius 2 is 2.05 bits per heavy atom. The van der Waals surface area contributed by atoms with E-state index in [-0.39, 0.29) is 12.5 Å². The number of nitrogens with one attached hydrogen (secondary N) is 3. The first kappa shape index (κ1) is 17.7. The molecular formula is C14H28N4O3. The van der Waals surface area contributed by atoms with Crippen molar-refractivity contribution in [3.63, 3.8) is 0 Å². The van der Waals surface area contributed by atoms with E-state index in [0.29, 0.717) is 31.8 Å². The molecule has 1 aliphatic rings. The van der Waals surface area contributed by atoms with Gasteiger partial charge in [0.15, 0.2) is 5.96 Å². The molecular weight excluding hydrogens is 272 g/mol. The first-order chi connectivity index (χ1) is 10.3. The van der Waals surface area contributed by atoms with E-state index in [4.69, 9.17) is 9.47 Å². The van der Waals surface area contributed by atoms with Crippen molar-refractivity contribution in [1.82, 2.24) is 16.0 Å². The van der Waals surface area contributed by atoms with Gasteiger partial charge in [0.2, 0.25) is 5.91 Å². The molecule has 0 aromatic heterocycles. The van der Waals surface area contributed by atoms with Crippen LogP contribution in [0.15, 0.2) is 4.99 Å². The van der Waals surface area contributed by atoms with Crippen molar-refractivity contribution in [3.8, 4) is 0 Å². The molecule has 0 bridgehead atoms. The Bertz CT molecular complexity index is 319. The first-order valence-electron chi connectivity index (χ1n) is 7.64. The van der Waals surface area contributed by atoms with Crippen LogP contribution in [0.1, 0.15) is 26.2 Å². The Kier molecular flexibility index (Phi) is 9.56. The first-order valence-corrected chi connectivity index (χ1v) is 7.64. The summed E-state index contributed by atoms with van der Waals surface area (Å²) >= 11 is 0. The van der Waals surface area contributed by atoms with Crippen molar-refractivity contribution in [2.24, 2.45) is 4.99 Å². The van der Waals surface area contributed by atoms with Crippen molar-refractivity contribution in [3.05, 3.63) is 0 Å². The lowest BCUT2D eigenvalue weighted by atomic mass is 10.4. The second-order valence-electron chi connectivity index (χ2n) is 4.92. The zero-order chi connectivity index (χ0) is 15.3. The molecule has 122 valence electrons. The van der Waals surface area contributed by atoms with Gasteiger partial charge in [-0.2, -0.15) is 0 Å². The van der Waals surface area contributed by atoms with E-state index in [2.05, 4.69) is 20.9 Å². The van der Waals surface area contributed by atoms with Gasteiger partial charge in [0.1, 0.15) is 6.54 Å². The van der Waals surface area contributed by atoms with Gasteiger partial charge in [-0.25, -0.2) is 4.99 Å². The van der Waals surface area contributed by atoms with Gasteiger partial charge < -0.3 is 25.4 Å². The summed E-state index contributed by atoms with van der Waals surface area (Å²) in [6.45, 7) is 5.59. The zero-order valence-corrected chi connectivity index (χ0v) is 13.1. The van der Waals surface area contributed by atoms with E-state index >= 15 is 0 Å². The van der Waals surface area contributed by atoms with Gasteiger partial charge in [-0.1, -0.05) is 0 Å². The van der Waals surface area contributed by atoms with Gasteiger partial charge in [0.05, 0.1) is 13.2 Å². The lowest BCUT2D eigenvalue weighted by Gasteiger charge is -2.11. The molecule has 0 saturated heterocycles. The van der Waals surface area contributed by atoms with E-state index in [0.717, 1.165) is 32.4 Å². The summed E-state index contributed by atoms with van der Waals surface area (Å²) in [5, 5.41) is 9.21. The van der Waals surface area contributed by atoms with E-state index in [9.17, 15) is 4.79 Å². The molecule has 0 heterocycles. The molecule has 0 radical (unpaired) electrons. The number of hydrogen-bond acceptors (Lipinski definition) is 4. The summed E-state index contributed by atoms with van der Waals surface area (Å²) in [4.78, 5) is 15.8. The summed E-state index contributed by atoms with van der Waals surface area (Å²) in [7, 11) is 1.66. The maximum absolute atomic E-state index is 11.6. The van der Waals surface area contributed by atoms with Gasteiger partial charge in [0, 0.05) is 32.8 Å². The van der Waals surface area contributed by atoms with Gasteiger partial charge in [-0.05, 0) is 26.2 Å². The highest BCUT2D eigenvalue weighted by Gasteiger charge is 2.22. The Balaban J connectivity index is 2.11. The predicted octanol–water partition coefficient (Wildman–Crippen LogP) is -0.127. The van der Waals surface area contributed by atoms with Crippen molar-refractivity contribution in [2.75, 3.05) is 46.6 Å². The third-order valence-electron chi connectivity index (χ3n) is 2.86. The van der Waals surface area contributed by atoms with Gasteiger partial charge in [-0.15, -0.1) is 0 Å². The summed E-state index contributed by atoms with van der Waals surface area (Å²) in [6, 6.07) is 0.382. The van der Waals surface area contributed by atoms with Crippen LogP contribution in [0.4, 0.5) is 0 Å². The lowest BCUT2D eigenvalue weighted by Crippen LogP contribution is -2.39. The zero-order valence-electron chi connectivity index (χ0n) is 13.1. The van der Waals surface area contributed by atoms with Crippen molar-refractivity contribution >= 4 is 11.9 Å². The van der Waals surface area contributed by atoms with Gasteiger partial charge >= 0.3 is 0 Å². The molecule has 21 heavy (non-hydrogen) atoms. The maximum Gasteiger partial charge on any atom is 0.242 e. The summed E-state index contributed by atoms with van der Waals surface area (Å²) in [5.41, 5.74) is 0. The van der Waals surface area contributed by atoms with E-state index < -0.39 is 0 Å². The van der Waals surface area contributed by atoms with Gasteiger partial charge in [-0.3, -0.25) is 4.79 Å². The van der Waals surface area contributed by atoms with Crippen molar-refractivity contribution in [1.29, 1.82) is 0 Å². The van der Waals surface area contributed by atoms with Crippen molar-refractivity contribution < 1.29 is 14.3 Å². The van der Waals surface area contributed by atoms with E-state index in [1.165, 1.54) is 0 Å². The molecule has 0 aromatic rings. The average molecular weight is 300 g/mol. The van der Waals surface area contributed by atoms with Crippen molar-refractivity contribution in [2.45, 2.75) is 32.2 Å². The van der Waals surface area contributed by atoms with E-state index in [1.54, 1.807) is 7.11 Å². The molecule has 3 N–H and O–H groups in total. The molecule has 1 rings (SSSR count). The molecule has 0 atom stereocenters. The number of aliphatic imine (C=N–C) groups is 1. The quantitative estimate of drug-likeness (QED) is 0.281. The number of carbonyl (C=O) groups is 1. The number of hydrogen-bond donors (Lipinski definition) is 3. The SMILES string of the molecule is CCNC(=NCC(=O)NC1CC1)NCCCOCCOC. The van der Waals surface area contributed by atoms with Crippen LogP contribution in [-0.4, -0.2) is 64.5 Å². The molecule has 1 saturated carbocycles. The number of rotatable bonds is 11. The summed E-state index contributed by atoms with van der Waals surface area (Å²) in [6.07, 6.45) is 3.07. The third-order valence-corrected chi connectivity index (χ3v) is 2.86. The molecule has 1 aliphatic carbocycles. The Labute approximate surface area is 126 Å². The standard InChI is InChI=1S/C14H28N4O3/c1-3-15-14(16-7-4-8-21-10-9-20-2)17-11-13(19)18-12-5-6-12/h12H,3-11H2,1-2H3,(H,18,19)(H2,15,16,17). The Morgan fingerprint density at radius 1 is 1.24 bits per heavy atom. The van der Waals surface area contributed by atoms with Crippen LogP contribution in [0.2, 0.25) is 0 Å². The van der Waals surface area contributed by atoms with Gasteiger partial charge in [0.25, 0.3) is 0 Å². The maximum atomic E-state index is 11.6.